The third kappa shape index (κ3) is 4.69. The summed E-state index contributed by atoms with van der Waals surface area (Å²) in [6, 6.07) is 6.31. The number of nitrogens with zero attached hydrogens (tertiary/aromatic N) is 3. The first-order valence-corrected chi connectivity index (χ1v) is 9.10. The molecule has 2 N–H and O–H groups in total. The molecule has 0 aliphatic carbocycles. The third-order valence-electron chi connectivity index (χ3n) is 4.71. The average Bonchev–Trinajstić information content (AvgIpc) is 3.18. The summed E-state index contributed by atoms with van der Waals surface area (Å²) >= 11 is 0. The number of aromatic nitrogens is 2. The van der Waals surface area contributed by atoms with Crippen molar-refractivity contribution in [1.29, 1.82) is 0 Å². The first kappa shape index (κ1) is 20.7. The van der Waals surface area contributed by atoms with Crippen molar-refractivity contribution in [3.8, 4) is 11.4 Å². The molecular formula is C19H21F3N4O3. The summed E-state index contributed by atoms with van der Waals surface area (Å²) in [6.45, 7) is 2.64. The molecular weight excluding hydrogens is 389 g/mol. The van der Waals surface area contributed by atoms with E-state index >= 15 is 0 Å². The van der Waals surface area contributed by atoms with Crippen LogP contribution in [0.25, 0.3) is 5.69 Å². The van der Waals surface area contributed by atoms with Gasteiger partial charge in [-0.1, -0.05) is 26.0 Å². The van der Waals surface area contributed by atoms with Crippen molar-refractivity contribution in [2.75, 3.05) is 13.1 Å². The molecule has 0 radical (unpaired) electrons. The number of benzene rings is 1. The molecule has 0 saturated carbocycles. The fraction of sp³-hybridized carbons (Fsp3) is 0.421. The van der Waals surface area contributed by atoms with Gasteiger partial charge in [-0.25, -0.2) is 4.68 Å². The largest absolute Gasteiger partial charge is 0.504 e. The molecule has 1 atom stereocenters. The molecule has 1 unspecified atom stereocenters. The van der Waals surface area contributed by atoms with Crippen LogP contribution in [0, 0.1) is 0 Å². The minimum absolute atomic E-state index is 0.0544. The highest BCUT2D eigenvalue weighted by atomic mass is 19.4. The number of carbonyl (C=O) groups is 2. The number of likely N-dealkylation sites (tertiary alicyclic amines) is 1. The van der Waals surface area contributed by atoms with Crippen LogP contribution >= 0.6 is 0 Å². The van der Waals surface area contributed by atoms with E-state index in [-0.39, 0.29) is 18.7 Å². The van der Waals surface area contributed by atoms with Gasteiger partial charge in [0.1, 0.15) is 12.6 Å². The topological polar surface area (TPSA) is 87.5 Å². The molecule has 1 aromatic carbocycles. The summed E-state index contributed by atoms with van der Waals surface area (Å²) in [5.74, 6) is -1.68. The van der Waals surface area contributed by atoms with Crippen LogP contribution in [0.5, 0.6) is 5.75 Å². The maximum atomic E-state index is 12.5. The summed E-state index contributed by atoms with van der Waals surface area (Å²) in [5, 5.41) is 16.5. The number of halogens is 3. The smallest absolute Gasteiger partial charge is 0.406 e. The highest BCUT2D eigenvalue weighted by Gasteiger charge is 2.40. The summed E-state index contributed by atoms with van der Waals surface area (Å²) in [5.41, 5.74) is 1.43. The quantitative estimate of drug-likeness (QED) is 0.793. The fourth-order valence-electron chi connectivity index (χ4n) is 3.14. The average molecular weight is 410 g/mol. The standard InChI is InChI=1S/C19H21F3N4O3/c1-11(2)12-3-5-13(6-4-12)26-9-15(27)16(24-26)17(28)23-14-7-8-25(18(14)29)10-19(20,21)22/h3-6,9,11,14,27H,7-8,10H2,1-2H3,(H,23,28). The second-order valence-corrected chi connectivity index (χ2v) is 7.24. The van der Waals surface area contributed by atoms with E-state index in [1.165, 1.54) is 10.9 Å². The zero-order valence-corrected chi connectivity index (χ0v) is 15.9. The number of amides is 2. The molecule has 7 nitrogen and oxygen atoms in total. The predicted molar refractivity (Wildman–Crippen MR) is 97.8 cm³/mol. The van der Waals surface area contributed by atoms with Crippen LogP contribution in [0.2, 0.25) is 0 Å². The SMILES string of the molecule is CC(C)c1ccc(-n2cc(O)c(C(=O)NC3CCN(CC(F)(F)F)C3=O)n2)cc1. The Morgan fingerprint density at radius 1 is 1.31 bits per heavy atom. The van der Waals surface area contributed by atoms with Crippen molar-refractivity contribution >= 4 is 11.8 Å². The van der Waals surface area contributed by atoms with E-state index in [0.29, 0.717) is 16.5 Å². The number of carbonyl (C=O) groups excluding carboxylic acids is 2. The van der Waals surface area contributed by atoms with Crippen LogP contribution in [-0.2, 0) is 4.79 Å². The van der Waals surface area contributed by atoms with Crippen molar-refractivity contribution in [2.24, 2.45) is 0 Å². The van der Waals surface area contributed by atoms with Gasteiger partial charge in [-0.3, -0.25) is 9.59 Å². The lowest BCUT2D eigenvalue weighted by atomic mass is 10.0. The number of hydrogen-bond donors (Lipinski definition) is 2. The Hall–Kier alpha value is -3.04. The van der Waals surface area contributed by atoms with E-state index in [0.717, 1.165) is 5.56 Å². The van der Waals surface area contributed by atoms with Gasteiger partial charge in [-0.05, 0) is 30.0 Å². The molecule has 1 saturated heterocycles. The Bertz CT molecular complexity index is 906. The molecule has 2 amide bonds. The van der Waals surface area contributed by atoms with Gasteiger partial charge in [0.05, 0.1) is 11.9 Å². The Balaban J connectivity index is 1.70. The lowest BCUT2D eigenvalue weighted by molar-refractivity contribution is -0.157. The van der Waals surface area contributed by atoms with E-state index in [1.807, 2.05) is 12.1 Å². The van der Waals surface area contributed by atoms with Gasteiger partial charge in [-0.15, -0.1) is 0 Å². The van der Waals surface area contributed by atoms with E-state index in [1.54, 1.807) is 12.1 Å². The van der Waals surface area contributed by atoms with Crippen LogP contribution in [0.15, 0.2) is 30.5 Å². The summed E-state index contributed by atoms with van der Waals surface area (Å²) in [6.07, 6.45) is -3.19. The first-order chi connectivity index (χ1) is 13.5. The van der Waals surface area contributed by atoms with Crippen molar-refractivity contribution < 1.29 is 27.9 Å². The molecule has 29 heavy (non-hydrogen) atoms. The Morgan fingerprint density at radius 3 is 2.55 bits per heavy atom. The van der Waals surface area contributed by atoms with Gasteiger partial charge >= 0.3 is 6.18 Å². The molecule has 156 valence electrons. The molecule has 3 rings (SSSR count). The lowest BCUT2D eigenvalue weighted by Gasteiger charge is -2.18. The molecule has 10 heteroatoms. The lowest BCUT2D eigenvalue weighted by Crippen LogP contribution is -2.43. The predicted octanol–water partition coefficient (Wildman–Crippen LogP) is 2.59. The van der Waals surface area contributed by atoms with Crippen molar-refractivity contribution in [3.05, 3.63) is 41.7 Å². The molecule has 1 aliphatic heterocycles. The monoisotopic (exact) mass is 410 g/mol. The molecule has 1 aliphatic rings. The molecule has 1 aromatic heterocycles. The summed E-state index contributed by atoms with van der Waals surface area (Å²) in [4.78, 5) is 25.1. The van der Waals surface area contributed by atoms with Crippen LogP contribution in [0.4, 0.5) is 13.2 Å². The zero-order chi connectivity index (χ0) is 21.3. The number of rotatable bonds is 5. The van der Waals surface area contributed by atoms with Gasteiger partial charge in [-0.2, -0.15) is 18.3 Å². The number of aromatic hydroxyl groups is 1. The maximum Gasteiger partial charge on any atom is 0.406 e. The minimum Gasteiger partial charge on any atom is -0.504 e. The molecule has 0 bridgehead atoms. The summed E-state index contributed by atoms with van der Waals surface area (Å²) in [7, 11) is 0. The number of alkyl halides is 3. The molecule has 0 spiro atoms. The van der Waals surface area contributed by atoms with Crippen LogP contribution in [0.1, 0.15) is 42.2 Å². The van der Waals surface area contributed by atoms with Crippen LogP contribution in [-0.4, -0.2) is 56.9 Å². The Labute approximate surface area is 165 Å². The molecule has 2 aromatic rings. The van der Waals surface area contributed by atoms with Crippen LogP contribution in [0.3, 0.4) is 0 Å². The fourth-order valence-corrected chi connectivity index (χ4v) is 3.14. The first-order valence-electron chi connectivity index (χ1n) is 9.10. The Kier molecular flexibility index (Phi) is 5.54. The van der Waals surface area contributed by atoms with Gasteiger partial charge in [0.2, 0.25) is 5.91 Å². The molecule has 2 heterocycles. The summed E-state index contributed by atoms with van der Waals surface area (Å²) < 4.78 is 38.8. The maximum absolute atomic E-state index is 12.5. The minimum atomic E-state index is -4.50. The normalized spacial score (nSPS) is 17.2. The third-order valence-corrected chi connectivity index (χ3v) is 4.71. The highest BCUT2D eigenvalue weighted by molar-refractivity contribution is 5.98. The second-order valence-electron chi connectivity index (χ2n) is 7.24. The van der Waals surface area contributed by atoms with Gasteiger partial charge in [0, 0.05) is 6.54 Å². The van der Waals surface area contributed by atoms with E-state index in [2.05, 4.69) is 24.3 Å². The van der Waals surface area contributed by atoms with Gasteiger partial charge < -0.3 is 15.3 Å². The van der Waals surface area contributed by atoms with Crippen molar-refractivity contribution in [2.45, 2.75) is 38.4 Å². The second kappa shape index (κ2) is 7.76. The van der Waals surface area contributed by atoms with Gasteiger partial charge in [0.25, 0.3) is 5.91 Å². The van der Waals surface area contributed by atoms with Crippen molar-refractivity contribution in [1.82, 2.24) is 20.0 Å². The zero-order valence-electron chi connectivity index (χ0n) is 15.9. The number of nitrogens with one attached hydrogen (secondary N) is 1. The highest BCUT2D eigenvalue weighted by Crippen LogP contribution is 2.23. The number of hydrogen-bond acceptors (Lipinski definition) is 4. The van der Waals surface area contributed by atoms with E-state index < -0.39 is 36.3 Å². The van der Waals surface area contributed by atoms with Gasteiger partial charge in [0.15, 0.2) is 11.4 Å². The van der Waals surface area contributed by atoms with Crippen molar-refractivity contribution in [3.63, 3.8) is 0 Å². The van der Waals surface area contributed by atoms with E-state index in [9.17, 15) is 27.9 Å². The van der Waals surface area contributed by atoms with Crippen LogP contribution < -0.4 is 5.32 Å². The van der Waals surface area contributed by atoms with E-state index in [4.69, 9.17) is 0 Å². The molecule has 1 fully saturated rings. The Morgan fingerprint density at radius 2 is 1.97 bits per heavy atom.